The van der Waals surface area contributed by atoms with Crippen LogP contribution in [-0.4, -0.2) is 78.2 Å². The van der Waals surface area contributed by atoms with Crippen molar-refractivity contribution < 1.29 is 18.7 Å². The van der Waals surface area contributed by atoms with Gasteiger partial charge in [0.2, 0.25) is 5.91 Å². The number of H-pyrrole nitrogens is 1. The molecule has 0 radical (unpaired) electrons. The molecule has 1 unspecified atom stereocenters. The third-order valence-corrected chi connectivity index (χ3v) is 5.66. The van der Waals surface area contributed by atoms with Gasteiger partial charge in [0.05, 0.1) is 36.8 Å². The third kappa shape index (κ3) is 4.27. The van der Waals surface area contributed by atoms with Gasteiger partial charge in [-0.05, 0) is 32.9 Å². The van der Waals surface area contributed by atoms with Crippen LogP contribution in [0.3, 0.4) is 0 Å². The topological polar surface area (TPSA) is 95.1 Å². The molecule has 0 aliphatic carbocycles. The Morgan fingerprint density at radius 2 is 2.12 bits per heavy atom. The van der Waals surface area contributed by atoms with Crippen LogP contribution in [0, 0.1) is 5.82 Å². The summed E-state index contributed by atoms with van der Waals surface area (Å²) in [6, 6.07) is 3.03. The summed E-state index contributed by atoms with van der Waals surface area (Å²) >= 11 is 0. The maximum absolute atomic E-state index is 14.4. The molecule has 10 heteroatoms. The minimum atomic E-state index is -0.779. The molecule has 1 atom stereocenters. The fourth-order valence-electron chi connectivity index (χ4n) is 3.99. The summed E-state index contributed by atoms with van der Waals surface area (Å²) in [5, 5.41) is 11.2. The number of hydrogen-bond donors (Lipinski definition) is 2. The molecular formula is C22H29FN6O3. The van der Waals surface area contributed by atoms with E-state index in [4.69, 9.17) is 9.47 Å². The molecule has 2 N–H and O–H groups in total. The van der Waals surface area contributed by atoms with E-state index in [-0.39, 0.29) is 24.3 Å². The second kappa shape index (κ2) is 8.78. The van der Waals surface area contributed by atoms with Crippen LogP contribution in [-0.2, 0) is 15.1 Å². The number of methoxy groups -OCH3 is 1. The lowest BCUT2D eigenvalue weighted by molar-refractivity contribution is -0.135. The van der Waals surface area contributed by atoms with Crippen LogP contribution >= 0.6 is 0 Å². The predicted octanol–water partition coefficient (Wildman–Crippen LogP) is 1.97. The highest BCUT2D eigenvalue weighted by Gasteiger charge is 2.33. The number of nitrogens with zero attached hydrogens (tertiary/aromatic N) is 4. The molecule has 2 aliphatic heterocycles. The van der Waals surface area contributed by atoms with Gasteiger partial charge in [-0.1, -0.05) is 0 Å². The minimum Gasteiger partial charge on any atom is -0.488 e. The summed E-state index contributed by atoms with van der Waals surface area (Å²) in [5.74, 6) is 0.576. The fraction of sp³-hybridized carbons (Fsp3) is 0.500. The van der Waals surface area contributed by atoms with Crippen molar-refractivity contribution in [1.82, 2.24) is 25.3 Å². The SMILES string of the molecule is COCCN1CCN(C2=CC(C)(c3[nH]nc4cc(F)c(OC(C)C)cc34)N=CN2)CC1=O. The van der Waals surface area contributed by atoms with Crippen molar-refractivity contribution >= 4 is 23.1 Å². The number of benzene rings is 1. The molecule has 172 valence electrons. The van der Waals surface area contributed by atoms with E-state index >= 15 is 0 Å². The van der Waals surface area contributed by atoms with E-state index in [2.05, 4.69) is 20.5 Å². The maximum atomic E-state index is 14.4. The van der Waals surface area contributed by atoms with Gasteiger partial charge in [0.1, 0.15) is 11.4 Å². The normalized spacial score (nSPS) is 21.3. The number of aromatic amines is 1. The van der Waals surface area contributed by atoms with Gasteiger partial charge in [-0.3, -0.25) is 14.9 Å². The Labute approximate surface area is 186 Å². The van der Waals surface area contributed by atoms with E-state index in [1.165, 1.54) is 6.07 Å². The van der Waals surface area contributed by atoms with Gasteiger partial charge in [-0.2, -0.15) is 5.10 Å². The van der Waals surface area contributed by atoms with Crippen molar-refractivity contribution in [2.75, 3.05) is 39.9 Å². The van der Waals surface area contributed by atoms with Crippen LogP contribution in [0.1, 0.15) is 26.5 Å². The Morgan fingerprint density at radius 3 is 2.84 bits per heavy atom. The van der Waals surface area contributed by atoms with Crippen molar-refractivity contribution in [1.29, 1.82) is 0 Å². The van der Waals surface area contributed by atoms with Crippen LogP contribution in [0.15, 0.2) is 29.0 Å². The Balaban J connectivity index is 1.61. The van der Waals surface area contributed by atoms with E-state index < -0.39 is 11.4 Å². The third-order valence-electron chi connectivity index (χ3n) is 5.66. The van der Waals surface area contributed by atoms with E-state index in [9.17, 15) is 9.18 Å². The van der Waals surface area contributed by atoms with Crippen molar-refractivity contribution in [2.45, 2.75) is 32.4 Å². The summed E-state index contributed by atoms with van der Waals surface area (Å²) in [7, 11) is 1.63. The summed E-state index contributed by atoms with van der Waals surface area (Å²) < 4.78 is 25.1. The minimum absolute atomic E-state index is 0.0538. The number of hydrogen-bond acceptors (Lipinski definition) is 7. The number of ether oxygens (including phenoxy) is 2. The first-order valence-electron chi connectivity index (χ1n) is 10.7. The number of carbonyl (C=O) groups excluding carboxylic acids is 1. The van der Waals surface area contributed by atoms with Gasteiger partial charge >= 0.3 is 0 Å². The summed E-state index contributed by atoms with van der Waals surface area (Å²) in [4.78, 5) is 21.0. The zero-order valence-electron chi connectivity index (χ0n) is 18.8. The Kier molecular flexibility index (Phi) is 6.05. The van der Waals surface area contributed by atoms with E-state index in [0.717, 1.165) is 16.9 Å². The second-order valence-corrected chi connectivity index (χ2v) is 8.44. The number of carbonyl (C=O) groups is 1. The average Bonchev–Trinajstić information content (AvgIpc) is 3.16. The predicted molar refractivity (Wildman–Crippen MR) is 119 cm³/mol. The highest BCUT2D eigenvalue weighted by molar-refractivity contribution is 5.85. The zero-order chi connectivity index (χ0) is 22.9. The van der Waals surface area contributed by atoms with Crippen molar-refractivity contribution in [3.05, 3.63) is 35.5 Å². The van der Waals surface area contributed by atoms with Gasteiger partial charge in [-0.15, -0.1) is 0 Å². The number of aliphatic imine (C=N–C) groups is 1. The second-order valence-electron chi connectivity index (χ2n) is 8.44. The molecule has 1 fully saturated rings. The number of aromatic nitrogens is 2. The van der Waals surface area contributed by atoms with Gasteiger partial charge in [0.25, 0.3) is 0 Å². The number of nitrogens with one attached hydrogen (secondary N) is 2. The van der Waals surface area contributed by atoms with Crippen LogP contribution < -0.4 is 10.1 Å². The van der Waals surface area contributed by atoms with Crippen molar-refractivity contribution in [3.63, 3.8) is 0 Å². The van der Waals surface area contributed by atoms with Crippen molar-refractivity contribution in [2.24, 2.45) is 4.99 Å². The molecular weight excluding hydrogens is 415 g/mol. The molecule has 32 heavy (non-hydrogen) atoms. The number of amides is 1. The lowest BCUT2D eigenvalue weighted by Gasteiger charge is -2.38. The lowest BCUT2D eigenvalue weighted by Crippen LogP contribution is -2.52. The molecule has 1 amide bonds. The van der Waals surface area contributed by atoms with Crippen LogP contribution in [0.4, 0.5) is 4.39 Å². The number of rotatable bonds is 7. The quantitative estimate of drug-likeness (QED) is 0.678. The van der Waals surface area contributed by atoms with Crippen molar-refractivity contribution in [3.8, 4) is 5.75 Å². The largest absolute Gasteiger partial charge is 0.488 e. The smallest absolute Gasteiger partial charge is 0.242 e. The molecule has 2 aliphatic rings. The molecule has 1 saturated heterocycles. The molecule has 1 aromatic heterocycles. The first kappa shape index (κ1) is 22.1. The number of halogens is 1. The van der Waals surface area contributed by atoms with Gasteiger partial charge < -0.3 is 24.6 Å². The van der Waals surface area contributed by atoms with E-state index in [1.54, 1.807) is 19.5 Å². The Bertz CT molecular complexity index is 1070. The number of piperazine rings is 1. The van der Waals surface area contributed by atoms with Crippen LogP contribution in [0.2, 0.25) is 0 Å². The molecule has 3 heterocycles. The summed E-state index contributed by atoms with van der Waals surface area (Å²) in [6.07, 6.45) is 3.43. The Hall–Kier alpha value is -3.14. The lowest BCUT2D eigenvalue weighted by atomic mass is 9.94. The van der Waals surface area contributed by atoms with Crippen LogP contribution in [0.25, 0.3) is 10.9 Å². The molecule has 2 aromatic rings. The maximum Gasteiger partial charge on any atom is 0.242 e. The van der Waals surface area contributed by atoms with E-state index in [0.29, 0.717) is 31.8 Å². The van der Waals surface area contributed by atoms with Crippen LogP contribution in [0.5, 0.6) is 5.75 Å². The van der Waals surface area contributed by atoms with Gasteiger partial charge in [0.15, 0.2) is 11.6 Å². The summed E-state index contributed by atoms with van der Waals surface area (Å²) in [6.45, 7) is 8.35. The monoisotopic (exact) mass is 444 g/mol. The standard InChI is InChI=1S/C22H29FN6O3/c1-14(2)32-18-9-15-17(10-16(18)23)26-27-21(15)22(3)11-19(24-13-25-22)29-6-5-28(7-8-31-4)20(30)12-29/h9-11,13-14H,5-8,12H2,1-4H3,(H,24,25)(H,26,27). The first-order chi connectivity index (χ1) is 15.3. The first-order valence-corrected chi connectivity index (χ1v) is 10.7. The van der Waals surface area contributed by atoms with Gasteiger partial charge in [0, 0.05) is 38.2 Å². The highest BCUT2D eigenvalue weighted by Crippen LogP contribution is 2.36. The summed E-state index contributed by atoms with van der Waals surface area (Å²) in [5.41, 5.74) is 0.445. The zero-order valence-corrected chi connectivity index (χ0v) is 18.8. The molecule has 9 nitrogen and oxygen atoms in total. The van der Waals surface area contributed by atoms with E-state index in [1.807, 2.05) is 36.6 Å². The highest BCUT2D eigenvalue weighted by atomic mass is 19.1. The molecule has 4 rings (SSSR count). The Morgan fingerprint density at radius 1 is 1.31 bits per heavy atom. The molecule has 0 spiro atoms. The molecule has 0 saturated carbocycles. The molecule has 0 bridgehead atoms. The molecule has 1 aromatic carbocycles. The number of fused-ring (bicyclic) bond motifs is 1. The fourth-order valence-corrected chi connectivity index (χ4v) is 3.99. The van der Waals surface area contributed by atoms with Gasteiger partial charge in [-0.25, -0.2) is 4.39 Å². The average molecular weight is 445 g/mol.